The standard InChI is InChI=1S/C27H39N5O6/c1-16(28-5)23(34)31-22(27(2,3)4)26(37)32-13-7-10-19(32)24(35)29-15-17-8-6-9-18(14-17)30-25(36)20-11-12-21(33)38-20/h6,8-9,14,16,19-20,22,28H,7,10-13,15H2,1-5H3,(H,29,35)(H,30,36)(H,31,34). The Morgan fingerprint density at radius 3 is 2.50 bits per heavy atom. The number of hydrogen-bond acceptors (Lipinski definition) is 7. The SMILES string of the molecule is CNC(C)C(=O)NC(C(=O)N1CCCC1C(=O)NCc1cccc(NC(=O)C2CCC(=O)O2)c1)C(C)(C)C. The fourth-order valence-electron chi connectivity index (χ4n) is 4.51. The minimum Gasteiger partial charge on any atom is -0.452 e. The lowest BCUT2D eigenvalue weighted by Gasteiger charge is -2.36. The third-order valence-electron chi connectivity index (χ3n) is 6.90. The zero-order valence-corrected chi connectivity index (χ0v) is 22.8. The second-order valence-corrected chi connectivity index (χ2v) is 10.9. The number of nitrogens with zero attached hydrogens (tertiary/aromatic N) is 1. The second-order valence-electron chi connectivity index (χ2n) is 10.9. The van der Waals surface area contributed by atoms with Crippen molar-refractivity contribution in [3.63, 3.8) is 0 Å². The summed E-state index contributed by atoms with van der Waals surface area (Å²) in [7, 11) is 1.68. The molecule has 0 aromatic heterocycles. The maximum absolute atomic E-state index is 13.5. The summed E-state index contributed by atoms with van der Waals surface area (Å²) in [6.07, 6.45) is 1.01. The average Bonchev–Trinajstić information content (AvgIpc) is 3.54. The fourth-order valence-corrected chi connectivity index (χ4v) is 4.51. The molecule has 4 atom stereocenters. The van der Waals surface area contributed by atoms with Crippen molar-refractivity contribution in [3.05, 3.63) is 29.8 Å². The molecule has 4 N–H and O–H groups in total. The summed E-state index contributed by atoms with van der Waals surface area (Å²) in [5, 5.41) is 11.4. The minimum absolute atomic E-state index is 0.207. The van der Waals surface area contributed by atoms with E-state index in [-0.39, 0.29) is 42.6 Å². The smallest absolute Gasteiger partial charge is 0.306 e. The molecule has 1 aromatic rings. The quantitative estimate of drug-likeness (QED) is 0.350. The van der Waals surface area contributed by atoms with Crippen molar-refractivity contribution in [2.45, 2.75) is 84.2 Å². The van der Waals surface area contributed by atoms with E-state index in [2.05, 4.69) is 21.3 Å². The first-order valence-corrected chi connectivity index (χ1v) is 13.1. The number of ether oxygens (including phenoxy) is 1. The van der Waals surface area contributed by atoms with Crippen LogP contribution in [0.25, 0.3) is 0 Å². The molecule has 208 valence electrons. The molecule has 38 heavy (non-hydrogen) atoms. The molecule has 11 nitrogen and oxygen atoms in total. The van der Waals surface area contributed by atoms with Crippen molar-refractivity contribution in [1.82, 2.24) is 20.9 Å². The Morgan fingerprint density at radius 2 is 1.87 bits per heavy atom. The number of benzene rings is 1. The van der Waals surface area contributed by atoms with Gasteiger partial charge in [0, 0.05) is 31.6 Å². The molecule has 2 aliphatic heterocycles. The Bertz CT molecular complexity index is 1070. The number of likely N-dealkylation sites (N-methyl/N-ethyl adjacent to an activating group) is 1. The highest BCUT2D eigenvalue weighted by molar-refractivity contribution is 5.97. The lowest BCUT2D eigenvalue weighted by molar-refractivity contribution is -0.146. The number of carbonyl (C=O) groups excluding carboxylic acids is 5. The van der Waals surface area contributed by atoms with Gasteiger partial charge in [0.05, 0.1) is 6.04 Å². The van der Waals surface area contributed by atoms with Crippen LogP contribution in [0.15, 0.2) is 24.3 Å². The number of amides is 4. The molecule has 1 aromatic carbocycles. The molecule has 4 amide bonds. The molecule has 4 unspecified atom stereocenters. The molecule has 0 radical (unpaired) electrons. The summed E-state index contributed by atoms with van der Waals surface area (Å²) in [6, 6.07) is 5.15. The second kappa shape index (κ2) is 12.4. The molecule has 3 rings (SSSR count). The van der Waals surface area contributed by atoms with Gasteiger partial charge in [-0.25, -0.2) is 0 Å². The molecular weight excluding hydrogens is 490 g/mol. The largest absolute Gasteiger partial charge is 0.452 e. The van der Waals surface area contributed by atoms with Crippen molar-refractivity contribution in [2.75, 3.05) is 18.9 Å². The lowest BCUT2D eigenvalue weighted by atomic mass is 9.85. The molecule has 0 bridgehead atoms. The molecule has 0 spiro atoms. The summed E-state index contributed by atoms with van der Waals surface area (Å²) in [5.74, 6) is -1.60. The number of hydrogen-bond donors (Lipinski definition) is 4. The van der Waals surface area contributed by atoms with Gasteiger partial charge in [0.15, 0.2) is 6.10 Å². The van der Waals surface area contributed by atoms with E-state index in [9.17, 15) is 24.0 Å². The van der Waals surface area contributed by atoms with E-state index >= 15 is 0 Å². The van der Waals surface area contributed by atoms with Gasteiger partial charge in [-0.2, -0.15) is 0 Å². The molecule has 2 aliphatic rings. The van der Waals surface area contributed by atoms with E-state index in [1.165, 1.54) is 0 Å². The van der Waals surface area contributed by atoms with Crippen LogP contribution in [0.5, 0.6) is 0 Å². The summed E-state index contributed by atoms with van der Waals surface area (Å²) in [5.41, 5.74) is 0.740. The molecule has 2 saturated heterocycles. The molecule has 0 aliphatic carbocycles. The Balaban J connectivity index is 1.61. The number of carbonyl (C=O) groups is 5. The van der Waals surface area contributed by atoms with E-state index in [4.69, 9.17) is 4.74 Å². The average molecular weight is 530 g/mol. The van der Waals surface area contributed by atoms with E-state index in [0.29, 0.717) is 31.5 Å². The number of nitrogens with one attached hydrogen (secondary N) is 4. The van der Waals surface area contributed by atoms with E-state index in [1.54, 1.807) is 37.1 Å². The minimum atomic E-state index is -0.792. The molecule has 2 fully saturated rings. The zero-order valence-electron chi connectivity index (χ0n) is 22.8. The summed E-state index contributed by atoms with van der Waals surface area (Å²) >= 11 is 0. The highest BCUT2D eigenvalue weighted by Crippen LogP contribution is 2.26. The number of likely N-dealkylation sites (tertiary alicyclic amines) is 1. The Labute approximate surface area is 223 Å². The van der Waals surface area contributed by atoms with Crippen LogP contribution in [0.2, 0.25) is 0 Å². The third kappa shape index (κ3) is 7.31. The van der Waals surface area contributed by atoms with Crippen LogP contribution in [0.4, 0.5) is 5.69 Å². The van der Waals surface area contributed by atoms with Gasteiger partial charge in [0.25, 0.3) is 5.91 Å². The van der Waals surface area contributed by atoms with Gasteiger partial charge in [-0.05, 0) is 49.9 Å². The number of rotatable bonds is 9. The van der Waals surface area contributed by atoms with Crippen LogP contribution in [0, 0.1) is 5.41 Å². The zero-order chi connectivity index (χ0) is 28.0. The monoisotopic (exact) mass is 529 g/mol. The first-order chi connectivity index (χ1) is 17.9. The van der Waals surface area contributed by atoms with Crippen LogP contribution in [0.1, 0.15) is 58.9 Å². The van der Waals surface area contributed by atoms with Gasteiger partial charge in [-0.1, -0.05) is 32.9 Å². The Morgan fingerprint density at radius 1 is 1.13 bits per heavy atom. The molecule has 11 heteroatoms. The first-order valence-electron chi connectivity index (χ1n) is 13.1. The third-order valence-corrected chi connectivity index (χ3v) is 6.90. The van der Waals surface area contributed by atoms with Gasteiger partial charge in [-0.15, -0.1) is 0 Å². The summed E-state index contributed by atoms with van der Waals surface area (Å²) in [6.45, 7) is 8.01. The predicted molar refractivity (Wildman–Crippen MR) is 141 cm³/mol. The Kier molecular flexibility index (Phi) is 9.48. The summed E-state index contributed by atoms with van der Waals surface area (Å²) in [4.78, 5) is 64.4. The van der Waals surface area contributed by atoms with Crippen molar-refractivity contribution in [3.8, 4) is 0 Å². The molecule has 2 heterocycles. The van der Waals surface area contributed by atoms with Crippen LogP contribution >= 0.6 is 0 Å². The van der Waals surface area contributed by atoms with Gasteiger partial charge in [-0.3, -0.25) is 24.0 Å². The maximum atomic E-state index is 13.5. The van der Waals surface area contributed by atoms with Gasteiger partial charge in [0.1, 0.15) is 12.1 Å². The van der Waals surface area contributed by atoms with Crippen molar-refractivity contribution < 1.29 is 28.7 Å². The van der Waals surface area contributed by atoms with Crippen LogP contribution in [-0.4, -0.2) is 72.3 Å². The van der Waals surface area contributed by atoms with Crippen LogP contribution in [-0.2, 0) is 35.3 Å². The number of cyclic esters (lactones) is 1. The topological polar surface area (TPSA) is 146 Å². The number of anilines is 1. The molecule has 0 saturated carbocycles. The maximum Gasteiger partial charge on any atom is 0.306 e. The lowest BCUT2D eigenvalue weighted by Crippen LogP contribution is -2.59. The van der Waals surface area contributed by atoms with Crippen molar-refractivity contribution in [2.24, 2.45) is 5.41 Å². The Hall–Kier alpha value is -3.47. The first kappa shape index (κ1) is 29.1. The van der Waals surface area contributed by atoms with Crippen molar-refractivity contribution in [1.29, 1.82) is 0 Å². The molecular formula is C27H39N5O6. The van der Waals surface area contributed by atoms with Gasteiger partial charge < -0.3 is 30.9 Å². The van der Waals surface area contributed by atoms with Gasteiger partial charge >= 0.3 is 5.97 Å². The van der Waals surface area contributed by atoms with E-state index in [0.717, 1.165) is 5.56 Å². The van der Waals surface area contributed by atoms with Crippen LogP contribution < -0.4 is 21.3 Å². The number of esters is 1. The fraction of sp³-hybridized carbons (Fsp3) is 0.593. The summed E-state index contributed by atoms with van der Waals surface area (Å²) < 4.78 is 5.00. The van der Waals surface area contributed by atoms with Crippen molar-refractivity contribution >= 4 is 35.3 Å². The predicted octanol–water partition coefficient (Wildman–Crippen LogP) is 1.08. The van der Waals surface area contributed by atoms with E-state index in [1.807, 2.05) is 26.8 Å². The normalized spacial score (nSPS) is 20.9. The van der Waals surface area contributed by atoms with E-state index < -0.39 is 29.6 Å². The van der Waals surface area contributed by atoms with Gasteiger partial charge in [0.2, 0.25) is 17.7 Å². The highest BCUT2D eigenvalue weighted by Gasteiger charge is 2.42. The highest BCUT2D eigenvalue weighted by atomic mass is 16.6. The van der Waals surface area contributed by atoms with Crippen LogP contribution in [0.3, 0.4) is 0 Å².